The Labute approximate surface area is 152 Å². The van der Waals surface area contributed by atoms with Crippen molar-refractivity contribution in [2.24, 2.45) is 0 Å². The molecule has 0 bridgehead atoms. The summed E-state index contributed by atoms with van der Waals surface area (Å²) in [6.07, 6.45) is 0. The molecule has 1 N–H and O–H groups in total. The van der Waals surface area contributed by atoms with Gasteiger partial charge >= 0.3 is 0 Å². The van der Waals surface area contributed by atoms with Crippen molar-refractivity contribution < 1.29 is 9.84 Å². The van der Waals surface area contributed by atoms with Gasteiger partial charge in [-0.2, -0.15) is 0 Å². The van der Waals surface area contributed by atoms with Crippen LogP contribution in [0.25, 0.3) is 11.1 Å². The van der Waals surface area contributed by atoms with E-state index in [4.69, 9.17) is 4.74 Å². The largest absolute Gasteiger partial charge is 0.497 e. The molecule has 134 valence electrons. The predicted molar refractivity (Wildman–Crippen MR) is 98.5 cm³/mol. The van der Waals surface area contributed by atoms with Crippen LogP contribution in [0.2, 0.25) is 0 Å². The van der Waals surface area contributed by atoms with Crippen LogP contribution in [0.1, 0.15) is 17.2 Å². The molecule has 2 heterocycles. The van der Waals surface area contributed by atoms with Crippen LogP contribution >= 0.6 is 0 Å². The Bertz CT molecular complexity index is 872. The lowest BCUT2D eigenvalue weighted by molar-refractivity contribution is 0.199. The lowest BCUT2D eigenvalue weighted by atomic mass is 10.0. The van der Waals surface area contributed by atoms with E-state index in [1.165, 1.54) is 16.7 Å². The summed E-state index contributed by atoms with van der Waals surface area (Å²) in [6, 6.07) is 16.8. The zero-order valence-corrected chi connectivity index (χ0v) is 14.8. The van der Waals surface area contributed by atoms with Crippen molar-refractivity contribution in [3.63, 3.8) is 0 Å². The van der Waals surface area contributed by atoms with Crippen LogP contribution in [-0.2, 0) is 26.2 Å². The van der Waals surface area contributed by atoms with Crippen LogP contribution in [0, 0.1) is 0 Å². The molecular weight excluding hydrogens is 328 g/mol. The van der Waals surface area contributed by atoms with Crippen LogP contribution in [0.4, 0.5) is 0 Å². The highest BCUT2D eigenvalue weighted by atomic mass is 16.5. The lowest BCUT2D eigenvalue weighted by Crippen LogP contribution is -2.34. The Hall–Kier alpha value is -2.70. The minimum atomic E-state index is -0.0557. The second kappa shape index (κ2) is 7.27. The van der Waals surface area contributed by atoms with Crippen LogP contribution in [0.3, 0.4) is 0 Å². The number of benzene rings is 2. The first-order chi connectivity index (χ1) is 12.8. The van der Waals surface area contributed by atoms with Gasteiger partial charge in [0.1, 0.15) is 18.2 Å². The van der Waals surface area contributed by atoms with E-state index in [-0.39, 0.29) is 6.61 Å². The first kappa shape index (κ1) is 16.8. The van der Waals surface area contributed by atoms with Gasteiger partial charge in [0.25, 0.3) is 0 Å². The van der Waals surface area contributed by atoms with Gasteiger partial charge in [-0.05, 0) is 28.8 Å². The van der Waals surface area contributed by atoms with Gasteiger partial charge in [-0.25, -0.2) is 0 Å². The third kappa shape index (κ3) is 3.34. The van der Waals surface area contributed by atoms with E-state index in [1.807, 2.05) is 16.7 Å². The molecule has 1 aliphatic rings. The standard InChI is InChI=1S/C20H22N4O2/c1-26-18-8-6-17(7-9-18)16-4-2-15(3-5-16)12-23-10-11-24-19(13-23)21-22-20(24)14-25/h2-9,25H,10-14H2,1H3. The molecule has 0 aliphatic carbocycles. The van der Waals surface area contributed by atoms with Gasteiger partial charge in [0.15, 0.2) is 5.82 Å². The number of nitrogens with zero attached hydrogens (tertiary/aromatic N) is 4. The highest BCUT2D eigenvalue weighted by molar-refractivity contribution is 5.64. The van der Waals surface area contributed by atoms with Gasteiger partial charge in [-0.3, -0.25) is 4.90 Å². The molecule has 0 saturated heterocycles. The zero-order valence-electron chi connectivity index (χ0n) is 14.8. The molecule has 26 heavy (non-hydrogen) atoms. The van der Waals surface area contributed by atoms with Crippen molar-refractivity contribution in [2.45, 2.75) is 26.2 Å². The van der Waals surface area contributed by atoms with E-state index in [0.717, 1.165) is 37.8 Å². The van der Waals surface area contributed by atoms with Crippen molar-refractivity contribution >= 4 is 0 Å². The van der Waals surface area contributed by atoms with E-state index in [1.54, 1.807) is 7.11 Å². The number of aromatic nitrogens is 3. The number of rotatable bonds is 5. The Morgan fingerprint density at radius 1 is 0.962 bits per heavy atom. The Morgan fingerprint density at radius 3 is 2.31 bits per heavy atom. The maximum Gasteiger partial charge on any atom is 0.158 e. The monoisotopic (exact) mass is 350 g/mol. The van der Waals surface area contributed by atoms with Gasteiger partial charge in [0.05, 0.1) is 13.7 Å². The zero-order chi connectivity index (χ0) is 17.9. The van der Waals surface area contributed by atoms with E-state index in [9.17, 15) is 5.11 Å². The van der Waals surface area contributed by atoms with Crippen LogP contribution < -0.4 is 4.74 Å². The van der Waals surface area contributed by atoms with Crippen LogP contribution in [0.15, 0.2) is 48.5 Å². The summed E-state index contributed by atoms with van der Waals surface area (Å²) >= 11 is 0. The second-order valence-electron chi connectivity index (χ2n) is 6.48. The molecule has 6 heteroatoms. The molecule has 0 radical (unpaired) electrons. The van der Waals surface area contributed by atoms with Gasteiger partial charge in [-0.15, -0.1) is 10.2 Å². The minimum Gasteiger partial charge on any atom is -0.497 e. The van der Waals surface area contributed by atoms with Gasteiger partial charge < -0.3 is 14.4 Å². The lowest BCUT2D eigenvalue weighted by Gasteiger charge is -2.27. The Balaban J connectivity index is 1.43. The quantitative estimate of drug-likeness (QED) is 0.766. The minimum absolute atomic E-state index is 0.0557. The van der Waals surface area contributed by atoms with Crippen molar-refractivity contribution in [3.8, 4) is 16.9 Å². The summed E-state index contributed by atoms with van der Waals surface area (Å²) in [5.74, 6) is 2.45. The number of aliphatic hydroxyl groups excluding tert-OH is 1. The van der Waals surface area contributed by atoms with E-state index in [2.05, 4.69) is 51.5 Å². The maximum absolute atomic E-state index is 9.29. The van der Waals surface area contributed by atoms with Crippen molar-refractivity contribution in [1.82, 2.24) is 19.7 Å². The molecule has 1 aliphatic heterocycles. The average molecular weight is 350 g/mol. The second-order valence-corrected chi connectivity index (χ2v) is 6.48. The highest BCUT2D eigenvalue weighted by Crippen LogP contribution is 2.23. The molecular formula is C20H22N4O2. The highest BCUT2D eigenvalue weighted by Gasteiger charge is 2.20. The third-order valence-electron chi connectivity index (χ3n) is 4.83. The summed E-state index contributed by atoms with van der Waals surface area (Å²) in [5, 5.41) is 17.5. The Kier molecular flexibility index (Phi) is 4.69. The van der Waals surface area contributed by atoms with Gasteiger partial charge in [0, 0.05) is 19.6 Å². The molecule has 3 aromatic rings. The number of aliphatic hydroxyl groups is 1. The fraction of sp³-hybridized carbons (Fsp3) is 0.300. The SMILES string of the molecule is COc1ccc(-c2ccc(CN3CCn4c(CO)nnc4C3)cc2)cc1. The van der Waals surface area contributed by atoms with Crippen molar-refractivity contribution in [1.29, 1.82) is 0 Å². The van der Waals surface area contributed by atoms with Crippen LogP contribution in [0.5, 0.6) is 5.75 Å². The van der Waals surface area contributed by atoms with Crippen molar-refractivity contribution in [3.05, 3.63) is 65.7 Å². The molecule has 6 nitrogen and oxygen atoms in total. The molecule has 0 amide bonds. The molecule has 0 saturated carbocycles. The number of hydrogen-bond donors (Lipinski definition) is 1. The number of fused-ring (bicyclic) bond motifs is 1. The molecule has 2 aromatic carbocycles. The number of hydrogen-bond acceptors (Lipinski definition) is 5. The summed E-state index contributed by atoms with van der Waals surface area (Å²) in [7, 11) is 1.68. The maximum atomic E-state index is 9.29. The topological polar surface area (TPSA) is 63.4 Å². The van der Waals surface area contributed by atoms with E-state index < -0.39 is 0 Å². The normalized spacial score (nSPS) is 14.2. The predicted octanol–water partition coefficient (Wildman–Crippen LogP) is 2.46. The number of methoxy groups -OCH3 is 1. The summed E-state index contributed by atoms with van der Waals surface area (Å²) in [4.78, 5) is 2.35. The van der Waals surface area contributed by atoms with E-state index in [0.29, 0.717) is 5.82 Å². The van der Waals surface area contributed by atoms with Crippen molar-refractivity contribution in [2.75, 3.05) is 13.7 Å². The number of ether oxygens (including phenoxy) is 1. The molecule has 0 spiro atoms. The molecule has 0 unspecified atom stereocenters. The van der Waals surface area contributed by atoms with Gasteiger partial charge in [0.2, 0.25) is 0 Å². The first-order valence-electron chi connectivity index (χ1n) is 8.74. The molecule has 0 fully saturated rings. The summed E-state index contributed by atoms with van der Waals surface area (Å²) in [5.41, 5.74) is 3.65. The molecule has 0 atom stereocenters. The summed E-state index contributed by atoms with van der Waals surface area (Å²) in [6.45, 7) is 3.33. The van der Waals surface area contributed by atoms with Crippen LogP contribution in [-0.4, -0.2) is 38.4 Å². The molecule has 4 rings (SSSR count). The Morgan fingerprint density at radius 2 is 1.65 bits per heavy atom. The molecule has 1 aromatic heterocycles. The fourth-order valence-electron chi connectivity index (χ4n) is 3.36. The average Bonchev–Trinajstić information content (AvgIpc) is 3.11. The summed E-state index contributed by atoms with van der Waals surface area (Å²) < 4.78 is 7.23. The first-order valence-corrected chi connectivity index (χ1v) is 8.74. The smallest absolute Gasteiger partial charge is 0.158 e. The van der Waals surface area contributed by atoms with Gasteiger partial charge in [-0.1, -0.05) is 36.4 Å². The fourth-order valence-corrected chi connectivity index (χ4v) is 3.36. The third-order valence-corrected chi connectivity index (χ3v) is 4.83. The van der Waals surface area contributed by atoms with E-state index >= 15 is 0 Å².